The van der Waals surface area contributed by atoms with Crippen LogP contribution in [0.4, 0.5) is 0 Å². The van der Waals surface area contributed by atoms with Crippen LogP contribution in [0.1, 0.15) is 6.92 Å². The molecule has 87 valence electrons. The Kier molecular flexibility index (Phi) is 2.13. The summed E-state index contributed by atoms with van der Waals surface area (Å²) in [6.07, 6.45) is 14.7. The summed E-state index contributed by atoms with van der Waals surface area (Å²) in [6, 6.07) is 0. The first-order chi connectivity index (χ1) is 6.32. The number of hydrogen-bond donors (Lipinski definition) is 0. The van der Waals surface area contributed by atoms with Crippen molar-refractivity contribution < 1.29 is 0 Å². The van der Waals surface area contributed by atoms with Crippen molar-refractivity contribution in [3.63, 3.8) is 0 Å². The molecule has 2 heteroatoms. The maximum absolute atomic E-state index is 4.43. The van der Waals surface area contributed by atoms with Gasteiger partial charge in [-0.25, -0.2) is 12.2 Å². The second kappa shape index (κ2) is 3.02. The summed E-state index contributed by atoms with van der Waals surface area (Å²) in [5, 5.41) is 0. The van der Waals surface area contributed by atoms with E-state index < -0.39 is 0 Å². The van der Waals surface area contributed by atoms with Crippen molar-refractivity contribution in [2.75, 3.05) is 0 Å². The minimum Gasteiger partial charge on any atom is -0.358 e. The minimum atomic E-state index is 0. The van der Waals surface area contributed by atoms with Gasteiger partial charge in [0.15, 0.2) is 0 Å². The molecule has 0 aromatic rings. The Balaban J connectivity index is 0.000000562. The van der Waals surface area contributed by atoms with Crippen LogP contribution in [-0.4, -0.2) is 6.21 Å². The fraction of sp³-hybridized carbons (Fsp3) is 0.154. The summed E-state index contributed by atoms with van der Waals surface area (Å²) < 4.78 is 0. The second-order valence-corrected chi connectivity index (χ2v) is 3.73. The number of allylic oxidation sites excluding steroid dienone is 7. The van der Waals surface area contributed by atoms with Gasteiger partial charge in [-0.2, -0.15) is 5.92 Å². The quantitative estimate of drug-likeness (QED) is 0.509. The normalized spacial score (nSPS) is 28.7. The Hall–Kier alpha value is -2.50. The summed E-state index contributed by atoms with van der Waals surface area (Å²) in [4.78, 5) is 4.43. The third-order valence-corrected chi connectivity index (χ3v) is 3.09. The molecule has 1 heterocycles. The minimum absolute atomic E-state index is 0. The molecule has 15 heavy (non-hydrogen) atoms. The van der Waals surface area contributed by atoms with E-state index in [4.69, 9.17) is 0 Å². The van der Waals surface area contributed by atoms with Crippen molar-refractivity contribution in [1.82, 2.24) is 0 Å². The monoisotopic (exact) mass is 445 g/mol. The zero-order valence-electron chi connectivity index (χ0n) is 8.75. The molecule has 0 saturated heterocycles. The van der Waals surface area contributed by atoms with Gasteiger partial charge in [0.05, 0.1) is 0 Å². The Morgan fingerprint density at radius 2 is 2.00 bits per heavy atom. The standard InChI is InChI=1S/C12H10N.CH3.Lr/c1-12-9-4-2-3-5-11(12)13-8-10(12)7-6-9;;/h2-8H,1H3;1H3;/q2*-1;. The summed E-state index contributed by atoms with van der Waals surface area (Å²) in [6.45, 7) is 2.24. The van der Waals surface area contributed by atoms with E-state index in [1.165, 1.54) is 11.5 Å². The van der Waals surface area contributed by atoms with Crippen LogP contribution in [0.25, 0.3) is 0 Å². The van der Waals surface area contributed by atoms with E-state index in [2.05, 4.69) is 48.4 Å². The molecule has 1 nitrogen and oxygen atoms in total. The third kappa shape index (κ3) is 0.983. The molecule has 0 amide bonds. The first-order valence-electron chi connectivity index (χ1n) is 4.51. The number of hydrogen-bond acceptors (Lipinski definition) is 1. The van der Waals surface area contributed by atoms with Crippen molar-refractivity contribution in [3.05, 3.63) is 61.1 Å². The molecule has 1 unspecified atom stereocenters. The van der Waals surface area contributed by atoms with E-state index in [0.29, 0.717) is 0 Å². The van der Waals surface area contributed by atoms with E-state index >= 15 is 0 Å². The van der Waals surface area contributed by atoms with Crippen molar-refractivity contribution in [3.8, 4) is 0 Å². The zero-order chi connectivity index (χ0) is 8.89. The molecule has 2 aliphatic carbocycles. The van der Waals surface area contributed by atoms with Crippen LogP contribution in [-0.2, 0) is 0 Å². The number of nitrogens with zero attached hydrogens (tertiary/aromatic N) is 1. The van der Waals surface area contributed by atoms with Gasteiger partial charge in [0.1, 0.15) is 0 Å². The van der Waals surface area contributed by atoms with E-state index in [1.807, 2.05) is 6.21 Å². The van der Waals surface area contributed by atoms with E-state index in [9.17, 15) is 0 Å². The van der Waals surface area contributed by atoms with Crippen molar-refractivity contribution in [2.24, 2.45) is 10.4 Å². The Morgan fingerprint density at radius 3 is 2.80 bits per heavy atom. The molecule has 3 aliphatic rings. The summed E-state index contributed by atoms with van der Waals surface area (Å²) >= 11 is 0. The van der Waals surface area contributed by atoms with Gasteiger partial charge in [0.25, 0.3) is 0 Å². The smallest absolute Gasteiger partial charge is 0.0348 e. The van der Waals surface area contributed by atoms with Gasteiger partial charge in [0.2, 0.25) is 0 Å². The van der Waals surface area contributed by atoms with E-state index in [0.717, 1.165) is 5.70 Å². The molecule has 0 bridgehead atoms. The summed E-state index contributed by atoms with van der Waals surface area (Å²) in [5.74, 6) is 1.31. The fourth-order valence-electron chi connectivity index (χ4n) is 2.15. The molecular weight excluding hydrogens is 432 g/mol. The SMILES string of the molecule is CC12C3=CC=CC=C1N=C[C-]2C=C3.[CH3-].[Lr]. The maximum Gasteiger partial charge on any atom is 0.0348 e. The van der Waals surface area contributed by atoms with Gasteiger partial charge in [-0.3, -0.25) is 4.99 Å². The molecule has 0 spiro atoms. The molecule has 1 aliphatic heterocycles. The average Bonchev–Trinajstić information content (AvgIpc) is 2.54. The molecule has 0 fully saturated rings. The molecule has 3 rings (SSSR count). The van der Waals surface area contributed by atoms with Gasteiger partial charge >= 0.3 is 0 Å². The van der Waals surface area contributed by atoms with Crippen LogP contribution < -0.4 is 0 Å². The Morgan fingerprint density at radius 1 is 1.27 bits per heavy atom. The second-order valence-electron chi connectivity index (χ2n) is 3.73. The molecule has 0 aromatic heterocycles. The molecule has 0 saturated carbocycles. The molecular formula is C13H13LrN-2. The van der Waals surface area contributed by atoms with E-state index in [1.54, 1.807) is 0 Å². The van der Waals surface area contributed by atoms with Crippen molar-refractivity contribution in [1.29, 1.82) is 0 Å². The van der Waals surface area contributed by atoms with Crippen molar-refractivity contribution >= 4 is 6.21 Å². The molecule has 0 N–H and O–H groups in total. The van der Waals surface area contributed by atoms with Gasteiger partial charge in [-0.15, -0.1) is 5.57 Å². The summed E-state index contributed by atoms with van der Waals surface area (Å²) in [5.41, 5.74) is 2.55. The average molecular weight is 445 g/mol. The first kappa shape index (κ1) is 10.6. The number of rotatable bonds is 0. The van der Waals surface area contributed by atoms with Crippen LogP contribution in [0, 0.1) is 18.8 Å². The maximum atomic E-state index is 4.43. The third-order valence-electron chi connectivity index (χ3n) is 3.09. The van der Waals surface area contributed by atoms with Crippen LogP contribution in [0.15, 0.2) is 52.7 Å². The van der Waals surface area contributed by atoms with Crippen LogP contribution >= 0.6 is 0 Å². The number of aliphatic imine (C=N–C) groups is 1. The molecule has 1 radical (unpaired) electrons. The van der Waals surface area contributed by atoms with Gasteiger partial charge in [-0.05, 0) is 17.7 Å². The Bertz CT molecular complexity index is 376. The summed E-state index contributed by atoms with van der Waals surface area (Å²) in [7, 11) is 0. The largest absolute Gasteiger partial charge is 0.358 e. The van der Waals surface area contributed by atoms with Crippen molar-refractivity contribution in [2.45, 2.75) is 6.92 Å². The molecule has 0 aromatic carbocycles. The zero-order valence-corrected chi connectivity index (χ0v) is 10.9. The van der Waals surface area contributed by atoms with Gasteiger partial charge < -0.3 is 7.43 Å². The predicted molar refractivity (Wildman–Crippen MR) is 60.7 cm³/mol. The topological polar surface area (TPSA) is 12.4 Å². The first-order valence-corrected chi connectivity index (χ1v) is 4.51. The van der Waals surface area contributed by atoms with Crippen LogP contribution in [0.5, 0.6) is 0 Å². The van der Waals surface area contributed by atoms with Gasteiger partial charge in [0, 0.05) is 5.70 Å². The Labute approximate surface area is 85.2 Å². The van der Waals surface area contributed by atoms with Crippen LogP contribution in [0.3, 0.4) is 0 Å². The van der Waals surface area contributed by atoms with Crippen LogP contribution in [0.2, 0.25) is 0 Å². The van der Waals surface area contributed by atoms with E-state index in [-0.39, 0.29) is 12.8 Å². The predicted octanol–water partition coefficient (Wildman–Crippen LogP) is 3.05. The molecule has 1 atom stereocenters. The fourth-order valence-corrected chi connectivity index (χ4v) is 2.15. The van der Waals surface area contributed by atoms with Gasteiger partial charge in [-0.1, -0.05) is 25.2 Å².